The van der Waals surface area contributed by atoms with E-state index in [2.05, 4.69) is 5.32 Å². The molecule has 0 spiro atoms. The summed E-state index contributed by atoms with van der Waals surface area (Å²) in [6.45, 7) is 5.12. The van der Waals surface area contributed by atoms with Crippen molar-refractivity contribution in [1.29, 1.82) is 0 Å². The van der Waals surface area contributed by atoms with Crippen LogP contribution in [0.5, 0.6) is 0 Å². The summed E-state index contributed by atoms with van der Waals surface area (Å²) in [5.74, 6) is 1.45. The first-order valence-electron chi connectivity index (χ1n) is 8.43. The van der Waals surface area contributed by atoms with Crippen molar-refractivity contribution in [2.24, 2.45) is 5.92 Å². The van der Waals surface area contributed by atoms with E-state index in [-0.39, 0.29) is 11.9 Å². The third kappa shape index (κ3) is 4.17. The second kappa shape index (κ2) is 7.10. The average Bonchev–Trinajstić information content (AvgIpc) is 3.22. The van der Waals surface area contributed by atoms with Crippen LogP contribution < -0.4 is 5.32 Å². The van der Waals surface area contributed by atoms with E-state index in [9.17, 15) is 9.90 Å². The van der Waals surface area contributed by atoms with Gasteiger partial charge in [0, 0.05) is 24.6 Å². The molecule has 1 aromatic heterocycles. The van der Waals surface area contributed by atoms with E-state index in [0.717, 1.165) is 12.0 Å². The van der Waals surface area contributed by atoms with Crippen LogP contribution in [-0.2, 0) is 6.54 Å². The normalized spacial score (nSPS) is 17.8. The van der Waals surface area contributed by atoms with Crippen LogP contribution in [0.2, 0.25) is 5.02 Å². The Labute approximate surface area is 152 Å². The second-order valence-electron chi connectivity index (χ2n) is 6.99. The Bertz CT molecular complexity index is 751. The third-order valence-electron chi connectivity index (χ3n) is 4.69. The van der Waals surface area contributed by atoms with Crippen molar-refractivity contribution in [3.05, 3.63) is 47.2 Å². The molecule has 1 aromatic carbocycles. The number of nitrogens with one attached hydrogen (secondary N) is 1. The summed E-state index contributed by atoms with van der Waals surface area (Å²) in [7, 11) is 0. The van der Waals surface area contributed by atoms with E-state index in [1.807, 2.05) is 36.4 Å². The summed E-state index contributed by atoms with van der Waals surface area (Å²) >= 11 is 6.18. The molecule has 2 N–H and O–H groups in total. The summed E-state index contributed by atoms with van der Waals surface area (Å²) in [6.07, 6.45) is 0.814. The molecule has 1 fully saturated rings. The Morgan fingerprint density at radius 3 is 2.80 bits per heavy atom. The molecule has 1 aliphatic heterocycles. The lowest BCUT2D eigenvalue weighted by Crippen LogP contribution is -2.40. The number of aliphatic hydroxyl groups is 1. The van der Waals surface area contributed by atoms with Gasteiger partial charge >= 0.3 is 6.03 Å². The van der Waals surface area contributed by atoms with E-state index < -0.39 is 5.60 Å². The summed E-state index contributed by atoms with van der Waals surface area (Å²) in [4.78, 5) is 14.0. The van der Waals surface area contributed by atoms with Crippen molar-refractivity contribution in [3.8, 4) is 11.3 Å². The number of rotatable bonds is 4. The Balaban J connectivity index is 1.56. The van der Waals surface area contributed by atoms with Gasteiger partial charge in [-0.25, -0.2) is 4.79 Å². The fourth-order valence-corrected chi connectivity index (χ4v) is 3.30. The van der Waals surface area contributed by atoms with Crippen LogP contribution in [0.15, 0.2) is 40.8 Å². The molecule has 5 nitrogen and oxygen atoms in total. The third-order valence-corrected chi connectivity index (χ3v) is 5.02. The number of furan rings is 1. The van der Waals surface area contributed by atoms with Gasteiger partial charge < -0.3 is 19.7 Å². The molecule has 1 atom stereocenters. The quantitative estimate of drug-likeness (QED) is 0.866. The SMILES string of the molecule is CC(C)(O)C1CCN(C(=O)NCc2ccc(-c3ccccc3Cl)o2)C1. The molecule has 1 saturated heterocycles. The Hall–Kier alpha value is -1.98. The van der Waals surface area contributed by atoms with Gasteiger partial charge in [-0.15, -0.1) is 0 Å². The van der Waals surface area contributed by atoms with Crippen LogP contribution in [0.1, 0.15) is 26.0 Å². The first-order chi connectivity index (χ1) is 11.8. The van der Waals surface area contributed by atoms with E-state index >= 15 is 0 Å². The van der Waals surface area contributed by atoms with Crippen molar-refractivity contribution in [1.82, 2.24) is 10.2 Å². The Morgan fingerprint density at radius 2 is 2.12 bits per heavy atom. The highest BCUT2D eigenvalue weighted by Gasteiger charge is 2.35. The number of carbonyl (C=O) groups is 1. The van der Waals surface area contributed by atoms with Gasteiger partial charge in [0.2, 0.25) is 0 Å². The lowest BCUT2D eigenvalue weighted by atomic mass is 9.91. The molecule has 0 bridgehead atoms. The lowest BCUT2D eigenvalue weighted by Gasteiger charge is -2.25. The van der Waals surface area contributed by atoms with Gasteiger partial charge in [-0.05, 0) is 44.5 Å². The van der Waals surface area contributed by atoms with Gasteiger partial charge in [0.05, 0.1) is 17.2 Å². The zero-order chi connectivity index (χ0) is 18.0. The van der Waals surface area contributed by atoms with Crippen LogP contribution in [-0.4, -0.2) is 34.7 Å². The topological polar surface area (TPSA) is 65.7 Å². The average molecular weight is 363 g/mol. The monoisotopic (exact) mass is 362 g/mol. The zero-order valence-corrected chi connectivity index (χ0v) is 15.2. The number of amides is 2. The van der Waals surface area contributed by atoms with E-state index in [0.29, 0.717) is 36.2 Å². The molecule has 25 heavy (non-hydrogen) atoms. The maximum absolute atomic E-state index is 12.3. The standard InChI is InChI=1S/C19H23ClN2O3/c1-19(2,24)13-9-10-22(12-13)18(23)21-11-14-7-8-17(25-14)15-5-3-4-6-16(15)20/h3-8,13,24H,9-12H2,1-2H3,(H,21,23). The van der Waals surface area contributed by atoms with Crippen molar-refractivity contribution < 1.29 is 14.3 Å². The van der Waals surface area contributed by atoms with Crippen LogP contribution in [0.4, 0.5) is 4.79 Å². The minimum absolute atomic E-state index is 0.105. The van der Waals surface area contributed by atoms with Gasteiger partial charge in [-0.3, -0.25) is 0 Å². The van der Waals surface area contributed by atoms with Crippen molar-refractivity contribution >= 4 is 17.6 Å². The fraction of sp³-hybridized carbons (Fsp3) is 0.421. The van der Waals surface area contributed by atoms with Gasteiger partial charge in [0.15, 0.2) is 0 Å². The number of nitrogens with zero attached hydrogens (tertiary/aromatic N) is 1. The fourth-order valence-electron chi connectivity index (χ4n) is 3.07. The van der Waals surface area contributed by atoms with Crippen molar-refractivity contribution in [2.45, 2.75) is 32.4 Å². The molecule has 0 radical (unpaired) electrons. The summed E-state index contributed by atoms with van der Waals surface area (Å²) in [5, 5.41) is 13.6. The Kier molecular flexibility index (Phi) is 5.06. The maximum atomic E-state index is 12.3. The van der Waals surface area contributed by atoms with Crippen molar-refractivity contribution in [3.63, 3.8) is 0 Å². The highest BCUT2D eigenvalue weighted by Crippen LogP contribution is 2.29. The van der Waals surface area contributed by atoms with Crippen molar-refractivity contribution in [2.75, 3.05) is 13.1 Å². The number of hydrogen-bond acceptors (Lipinski definition) is 3. The van der Waals surface area contributed by atoms with Crippen LogP contribution >= 0.6 is 11.6 Å². The van der Waals surface area contributed by atoms with E-state index in [4.69, 9.17) is 16.0 Å². The number of hydrogen-bond donors (Lipinski definition) is 2. The minimum atomic E-state index is -0.764. The highest BCUT2D eigenvalue weighted by molar-refractivity contribution is 6.33. The predicted octanol–water partition coefficient (Wildman–Crippen LogP) is 3.90. The molecule has 2 aromatic rings. The van der Waals surface area contributed by atoms with Gasteiger partial charge in [-0.2, -0.15) is 0 Å². The van der Waals surface area contributed by atoms with Crippen LogP contribution in [0.3, 0.4) is 0 Å². The summed E-state index contributed by atoms with van der Waals surface area (Å²) in [6, 6.07) is 11.0. The molecule has 3 rings (SSSR count). The second-order valence-corrected chi connectivity index (χ2v) is 7.40. The number of urea groups is 1. The molecule has 2 heterocycles. The van der Waals surface area contributed by atoms with Crippen LogP contribution in [0, 0.1) is 5.92 Å². The number of likely N-dealkylation sites (tertiary alicyclic amines) is 1. The molecule has 1 unspecified atom stereocenters. The molecule has 2 amide bonds. The molecule has 6 heteroatoms. The highest BCUT2D eigenvalue weighted by atomic mass is 35.5. The largest absolute Gasteiger partial charge is 0.459 e. The van der Waals surface area contributed by atoms with Gasteiger partial charge in [0.25, 0.3) is 0 Å². The molecular formula is C19H23ClN2O3. The zero-order valence-electron chi connectivity index (χ0n) is 14.5. The summed E-state index contributed by atoms with van der Waals surface area (Å²) < 4.78 is 5.78. The van der Waals surface area contributed by atoms with Gasteiger partial charge in [-0.1, -0.05) is 23.7 Å². The minimum Gasteiger partial charge on any atom is -0.459 e. The number of halogens is 1. The lowest BCUT2D eigenvalue weighted by molar-refractivity contribution is 0.0225. The molecule has 0 aliphatic carbocycles. The first-order valence-corrected chi connectivity index (χ1v) is 8.81. The summed E-state index contributed by atoms with van der Waals surface area (Å²) in [5.41, 5.74) is 0.0641. The molecular weight excluding hydrogens is 340 g/mol. The smallest absolute Gasteiger partial charge is 0.317 e. The molecule has 0 saturated carbocycles. The molecule has 1 aliphatic rings. The maximum Gasteiger partial charge on any atom is 0.317 e. The Morgan fingerprint density at radius 1 is 1.36 bits per heavy atom. The number of benzene rings is 1. The van der Waals surface area contributed by atoms with E-state index in [1.165, 1.54) is 0 Å². The number of carbonyl (C=O) groups excluding carboxylic acids is 1. The van der Waals surface area contributed by atoms with E-state index in [1.54, 1.807) is 18.7 Å². The van der Waals surface area contributed by atoms with Gasteiger partial charge in [0.1, 0.15) is 11.5 Å². The van der Waals surface area contributed by atoms with Crippen LogP contribution in [0.25, 0.3) is 11.3 Å². The first kappa shape index (κ1) is 17.8. The predicted molar refractivity (Wildman–Crippen MR) is 97.4 cm³/mol. The molecule has 134 valence electrons.